The highest BCUT2D eigenvalue weighted by molar-refractivity contribution is 6.03. The largest absolute Gasteiger partial charge is 0.457 e. The number of hydrogen-bond acceptors (Lipinski definition) is 4. The Morgan fingerprint density at radius 3 is 2.69 bits per heavy atom. The molecule has 2 aromatic rings. The van der Waals surface area contributed by atoms with Crippen LogP contribution in [-0.4, -0.2) is 11.8 Å². The van der Waals surface area contributed by atoms with Gasteiger partial charge in [-0.3, -0.25) is 4.79 Å². The number of benzene rings is 2. The molecule has 0 amide bonds. The normalized spacial score (nSPS) is 19.0. The molecule has 2 aliphatic rings. The molecule has 0 saturated heterocycles. The Labute approximate surface area is 169 Å². The van der Waals surface area contributed by atoms with Crippen molar-refractivity contribution in [1.82, 2.24) is 5.32 Å². The summed E-state index contributed by atoms with van der Waals surface area (Å²) in [7, 11) is 0. The number of allylic oxidation sites excluding steroid dienone is 3. The first kappa shape index (κ1) is 19.1. The van der Waals surface area contributed by atoms with Gasteiger partial charge in [0, 0.05) is 29.3 Å². The molecular formula is C24H22FNO3. The molecular weight excluding hydrogens is 369 g/mol. The second-order valence-electron chi connectivity index (χ2n) is 7.38. The number of ether oxygens (including phenoxy) is 1. The molecule has 148 valence electrons. The van der Waals surface area contributed by atoms with Gasteiger partial charge in [-0.1, -0.05) is 42.5 Å². The molecule has 1 aliphatic heterocycles. The number of dihydropyridines is 1. The molecule has 1 heterocycles. The molecule has 0 spiro atoms. The van der Waals surface area contributed by atoms with Gasteiger partial charge in [0.05, 0.1) is 5.57 Å². The Morgan fingerprint density at radius 1 is 1.14 bits per heavy atom. The first-order valence-electron chi connectivity index (χ1n) is 9.75. The van der Waals surface area contributed by atoms with E-state index in [0.717, 1.165) is 24.1 Å². The van der Waals surface area contributed by atoms with Gasteiger partial charge in [0.15, 0.2) is 5.78 Å². The molecule has 4 rings (SSSR count). The van der Waals surface area contributed by atoms with E-state index in [-0.39, 0.29) is 12.4 Å². The number of hydrogen-bond donors (Lipinski definition) is 1. The first-order valence-corrected chi connectivity index (χ1v) is 9.75. The van der Waals surface area contributed by atoms with E-state index in [1.54, 1.807) is 19.1 Å². The Kier molecular flexibility index (Phi) is 5.30. The third-order valence-electron chi connectivity index (χ3n) is 5.39. The van der Waals surface area contributed by atoms with Gasteiger partial charge in [-0.25, -0.2) is 9.18 Å². The molecule has 1 aliphatic carbocycles. The van der Waals surface area contributed by atoms with Crippen molar-refractivity contribution >= 4 is 11.8 Å². The summed E-state index contributed by atoms with van der Waals surface area (Å²) in [6, 6.07) is 15.5. The fourth-order valence-corrected chi connectivity index (χ4v) is 4.07. The average Bonchev–Trinajstić information content (AvgIpc) is 2.72. The molecule has 2 aromatic carbocycles. The lowest BCUT2D eigenvalue weighted by Crippen LogP contribution is -2.34. The fraction of sp³-hybridized carbons (Fsp3) is 0.250. The van der Waals surface area contributed by atoms with Gasteiger partial charge in [-0.2, -0.15) is 0 Å². The Balaban J connectivity index is 1.72. The van der Waals surface area contributed by atoms with Gasteiger partial charge in [-0.15, -0.1) is 0 Å². The lowest BCUT2D eigenvalue weighted by atomic mass is 9.75. The van der Waals surface area contributed by atoms with E-state index in [4.69, 9.17) is 4.74 Å². The zero-order chi connectivity index (χ0) is 20.4. The van der Waals surface area contributed by atoms with Gasteiger partial charge >= 0.3 is 5.97 Å². The Bertz CT molecular complexity index is 1020. The summed E-state index contributed by atoms with van der Waals surface area (Å²) in [4.78, 5) is 25.9. The predicted molar refractivity (Wildman–Crippen MR) is 107 cm³/mol. The minimum Gasteiger partial charge on any atom is -0.457 e. The standard InChI is InChI=1S/C24H22FNO3/c1-15-21(24(28)29-14-16-7-3-2-4-8-16)22(17-9-5-10-18(25)13-17)23-19(26-15)11-6-12-20(23)27/h2-5,7-10,13,22,26H,6,11-12,14H2,1H3. The zero-order valence-corrected chi connectivity index (χ0v) is 16.2. The number of rotatable bonds is 4. The lowest BCUT2D eigenvalue weighted by molar-refractivity contribution is -0.140. The van der Waals surface area contributed by atoms with Gasteiger partial charge in [-0.05, 0) is 43.0 Å². The van der Waals surface area contributed by atoms with Crippen LogP contribution >= 0.6 is 0 Å². The van der Waals surface area contributed by atoms with Crippen molar-refractivity contribution in [2.75, 3.05) is 0 Å². The molecule has 4 nitrogen and oxygen atoms in total. The van der Waals surface area contributed by atoms with Crippen molar-refractivity contribution in [3.05, 3.63) is 94.1 Å². The van der Waals surface area contributed by atoms with Gasteiger partial charge in [0.2, 0.25) is 0 Å². The molecule has 29 heavy (non-hydrogen) atoms. The van der Waals surface area contributed by atoms with Crippen molar-refractivity contribution in [3.63, 3.8) is 0 Å². The number of esters is 1. The summed E-state index contributed by atoms with van der Waals surface area (Å²) < 4.78 is 19.6. The quantitative estimate of drug-likeness (QED) is 0.778. The summed E-state index contributed by atoms with van der Waals surface area (Å²) in [6.07, 6.45) is 1.93. The van der Waals surface area contributed by atoms with Gasteiger partial charge in [0.1, 0.15) is 12.4 Å². The number of Topliss-reactive ketones (excluding diaryl/α,β-unsaturated/α-hetero) is 1. The van der Waals surface area contributed by atoms with Crippen LogP contribution in [0.4, 0.5) is 4.39 Å². The summed E-state index contributed by atoms with van der Waals surface area (Å²) in [5.74, 6) is -1.54. The van der Waals surface area contributed by atoms with Crippen LogP contribution in [-0.2, 0) is 20.9 Å². The molecule has 0 saturated carbocycles. The summed E-state index contributed by atoms with van der Waals surface area (Å²) >= 11 is 0. The highest BCUT2D eigenvalue weighted by Gasteiger charge is 2.39. The Hall–Kier alpha value is -3.21. The molecule has 0 radical (unpaired) electrons. The molecule has 1 N–H and O–H groups in total. The van der Waals surface area contributed by atoms with E-state index >= 15 is 0 Å². The van der Waals surface area contributed by atoms with E-state index < -0.39 is 17.7 Å². The number of halogens is 1. The van der Waals surface area contributed by atoms with Crippen LogP contribution in [0.5, 0.6) is 0 Å². The maximum Gasteiger partial charge on any atom is 0.337 e. The predicted octanol–water partition coefficient (Wildman–Crippen LogP) is 4.54. The molecule has 1 atom stereocenters. The van der Waals surface area contributed by atoms with Gasteiger partial charge < -0.3 is 10.1 Å². The molecule has 0 bridgehead atoms. The smallest absolute Gasteiger partial charge is 0.337 e. The second-order valence-corrected chi connectivity index (χ2v) is 7.38. The number of nitrogens with one attached hydrogen (secondary N) is 1. The van der Waals surface area contributed by atoms with E-state index in [1.807, 2.05) is 30.3 Å². The molecule has 1 unspecified atom stereocenters. The van der Waals surface area contributed by atoms with Crippen LogP contribution in [0.15, 0.2) is 77.1 Å². The van der Waals surface area contributed by atoms with Crippen LogP contribution < -0.4 is 5.32 Å². The third-order valence-corrected chi connectivity index (χ3v) is 5.39. The SMILES string of the molecule is CC1=C(C(=O)OCc2ccccc2)C(c2cccc(F)c2)C2=C(CCCC2=O)N1. The van der Waals surface area contributed by atoms with Crippen molar-refractivity contribution in [3.8, 4) is 0 Å². The molecule has 0 aromatic heterocycles. The van der Waals surface area contributed by atoms with Crippen LogP contribution in [0.25, 0.3) is 0 Å². The summed E-state index contributed by atoms with van der Waals surface area (Å²) in [5, 5.41) is 3.24. The van der Waals surface area contributed by atoms with E-state index in [9.17, 15) is 14.0 Å². The zero-order valence-electron chi connectivity index (χ0n) is 16.2. The average molecular weight is 391 g/mol. The van der Waals surface area contributed by atoms with E-state index in [0.29, 0.717) is 28.8 Å². The highest BCUT2D eigenvalue weighted by Crippen LogP contribution is 2.42. The van der Waals surface area contributed by atoms with E-state index in [2.05, 4.69) is 5.32 Å². The number of carbonyl (C=O) groups is 2. The topological polar surface area (TPSA) is 55.4 Å². The first-order chi connectivity index (χ1) is 14.0. The van der Waals surface area contributed by atoms with Gasteiger partial charge in [0.25, 0.3) is 0 Å². The van der Waals surface area contributed by atoms with E-state index in [1.165, 1.54) is 12.1 Å². The highest BCUT2D eigenvalue weighted by atomic mass is 19.1. The minimum atomic E-state index is -0.627. The van der Waals surface area contributed by atoms with Crippen molar-refractivity contribution < 1.29 is 18.7 Å². The van der Waals surface area contributed by atoms with Crippen molar-refractivity contribution in [1.29, 1.82) is 0 Å². The maximum atomic E-state index is 14.0. The van der Waals surface area contributed by atoms with Crippen LogP contribution in [0.2, 0.25) is 0 Å². The summed E-state index contributed by atoms with van der Waals surface area (Å²) in [6.45, 7) is 1.93. The second kappa shape index (κ2) is 8.03. The van der Waals surface area contributed by atoms with Crippen molar-refractivity contribution in [2.45, 2.75) is 38.7 Å². The number of ketones is 1. The number of carbonyl (C=O) groups excluding carboxylic acids is 2. The van der Waals surface area contributed by atoms with Crippen LogP contribution in [0.1, 0.15) is 43.2 Å². The van der Waals surface area contributed by atoms with Crippen molar-refractivity contribution in [2.24, 2.45) is 0 Å². The summed E-state index contributed by atoms with van der Waals surface area (Å²) in [5.41, 5.74) is 3.84. The Morgan fingerprint density at radius 2 is 1.93 bits per heavy atom. The van der Waals surface area contributed by atoms with Crippen LogP contribution in [0, 0.1) is 5.82 Å². The fourth-order valence-electron chi connectivity index (χ4n) is 4.07. The third kappa shape index (κ3) is 3.86. The maximum absolute atomic E-state index is 14.0. The van der Waals surface area contributed by atoms with Crippen LogP contribution in [0.3, 0.4) is 0 Å². The molecule has 5 heteroatoms. The minimum absolute atomic E-state index is 0.00568. The molecule has 0 fully saturated rings. The lowest BCUT2D eigenvalue weighted by Gasteiger charge is -2.34. The monoisotopic (exact) mass is 391 g/mol.